The average Bonchev–Trinajstić information content (AvgIpc) is 2.96. The molecule has 0 aliphatic carbocycles. The standard InChI is InChI=1S/C31H40N4O6/c1-21-16-22(2)19-33(18-21)29(37)20-35-25-9-6-5-8-24(25)30(38)34(31(35)39)15-7-10-28(36)32-14-13-23-11-12-26(40-3)27(17-23)41-4/h5-6,8-9,11-12,17,21-22H,7,10,13-16,18-20H2,1-4H3,(H,32,36)/t21-,22-/m1/s1. The molecule has 0 unspecified atom stereocenters. The van der Waals surface area contributed by atoms with Gasteiger partial charge in [0.15, 0.2) is 11.5 Å². The zero-order valence-electron chi connectivity index (χ0n) is 24.4. The zero-order valence-corrected chi connectivity index (χ0v) is 24.4. The van der Waals surface area contributed by atoms with Gasteiger partial charge < -0.3 is 19.7 Å². The number of likely N-dealkylation sites (tertiary alicyclic amines) is 1. The molecule has 1 fully saturated rings. The van der Waals surface area contributed by atoms with Crippen LogP contribution in [0.2, 0.25) is 0 Å². The highest BCUT2D eigenvalue weighted by Crippen LogP contribution is 2.27. The molecule has 0 bridgehead atoms. The third-order valence-corrected chi connectivity index (χ3v) is 7.62. The zero-order chi connectivity index (χ0) is 29.5. The number of nitrogens with zero attached hydrogens (tertiary/aromatic N) is 3. The fourth-order valence-corrected chi connectivity index (χ4v) is 5.69. The quantitative estimate of drug-likeness (QED) is 0.383. The minimum atomic E-state index is -0.533. The van der Waals surface area contributed by atoms with Crippen LogP contribution in [0.1, 0.15) is 38.7 Å². The summed E-state index contributed by atoms with van der Waals surface area (Å²) in [5.74, 6) is 1.77. The van der Waals surface area contributed by atoms with Crippen LogP contribution in [0.5, 0.6) is 11.5 Å². The van der Waals surface area contributed by atoms with E-state index in [1.807, 2.05) is 23.1 Å². The number of rotatable bonds is 11. The van der Waals surface area contributed by atoms with Gasteiger partial charge in [-0.25, -0.2) is 4.79 Å². The third-order valence-electron chi connectivity index (χ3n) is 7.62. The van der Waals surface area contributed by atoms with Gasteiger partial charge in [-0.3, -0.25) is 23.5 Å². The molecule has 1 N–H and O–H groups in total. The summed E-state index contributed by atoms with van der Waals surface area (Å²) in [4.78, 5) is 54.3. The van der Waals surface area contributed by atoms with Crippen molar-refractivity contribution in [1.82, 2.24) is 19.4 Å². The van der Waals surface area contributed by atoms with Gasteiger partial charge in [0.05, 0.1) is 25.1 Å². The summed E-state index contributed by atoms with van der Waals surface area (Å²) >= 11 is 0. The number of fused-ring (bicyclic) bond motifs is 1. The average molecular weight is 565 g/mol. The number of para-hydroxylation sites is 1. The smallest absolute Gasteiger partial charge is 0.331 e. The number of ether oxygens (including phenoxy) is 2. The van der Waals surface area contributed by atoms with Gasteiger partial charge in [-0.15, -0.1) is 0 Å². The van der Waals surface area contributed by atoms with Gasteiger partial charge in [0.2, 0.25) is 11.8 Å². The summed E-state index contributed by atoms with van der Waals surface area (Å²) in [5, 5.41) is 3.27. The Balaban J connectivity index is 1.40. The molecule has 1 aliphatic rings. The molecule has 0 radical (unpaired) electrons. The molecular formula is C31H40N4O6. The first kappa shape index (κ1) is 29.9. The van der Waals surface area contributed by atoms with Crippen molar-refractivity contribution in [2.24, 2.45) is 11.8 Å². The second-order valence-electron chi connectivity index (χ2n) is 11.0. The number of carbonyl (C=O) groups excluding carboxylic acids is 2. The molecule has 2 aromatic carbocycles. The lowest BCUT2D eigenvalue weighted by molar-refractivity contribution is -0.134. The Morgan fingerprint density at radius 1 is 0.951 bits per heavy atom. The van der Waals surface area contributed by atoms with Crippen molar-refractivity contribution in [3.05, 3.63) is 68.9 Å². The molecule has 10 heteroatoms. The molecule has 2 atom stereocenters. The molecule has 0 saturated carbocycles. The molecule has 220 valence electrons. The first-order chi connectivity index (χ1) is 19.7. The Hall–Kier alpha value is -4.08. The number of methoxy groups -OCH3 is 2. The van der Waals surface area contributed by atoms with Crippen molar-refractivity contribution < 1.29 is 19.1 Å². The Morgan fingerprint density at radius 3 is 2.37 bits per heavy atom. The molecule has 0 spiro atoms. The lowest BCUT2D eigenvalue weighted by Gasteiger charge is -2.35. The summed E-state index contributed by atoms with van der Waals surface area (Å²) in [6.45, 7) is 5.97. The topological polar surface area (TPSA) is 112 Å². The van der Waals surface area contributed by atoms with Crippen LogP contribution in [-0.4, -0.2) is 59.7 Å². The molecule has 10 nitrogen and oxygen atoms in total. The van der Waals surface area contributed by atoms with E-state index in [0.29, 0.717) is 66.7 Å². The maximum Gasteiger partial charge on any atom is 0.331 e. The molecule has 41 heavy (non-hydrogen) atoms. The number of piperidine rings is 1. The first-order valence-electron chi connectivity index (χ1n) is 14.2. The second kappa shape index (κ2) is 13.5. The van der Waals surface area contributed by atoms with E-state index < -0.39 is 11.2 Å². The number of nitrogens with one attached hydrogen (secondary N) is 1. The molecule has 2 heterocycles. The highest BCUT2D eigenvalue weighted by atomic mass is 16.5. The van der Waals surface area contributed by atoms with Gasteiger partial charge in [0.1, 0.15) is 6.54 Å². The predicted molar refractivity (Wildman–Crippen MR) is 157 cm³/mol. The fraction of sp³-hybridized carbons (Fsp3) is 0.484. The maximum atomic E-state index is 13.5. The number of hydrogen-bond acceptors (Lipinski definition) is 6. The monoisotopic (exact) mass is 564 g/mol. The molecular weight excluding hydrogens is 524 g/mol. The Morgan fingerprint density at radius 2 is 1.66 bits per heavy atom. The summed E-state index contributed by atoms with van der Waals surface area (Å²) in [7, 11) is 3.15. The van der Waals surface area contributed by atoms with E-state index in [0.717, 1.165) is 16.6 Å². The normalized spacial score (nSPS) is 16.9. The summed E-state index contributed by atoms with van der Waals surface area (Å²) in [5.41, 5.74) is 0.490. The molecule has 4 rings (SSSR count). The Labute approximate surface area is 239 Å². The summed E-state index contributed by atoms with van der Waals surface area (Å²) in [6, 6.07) is 12.5. The third kappa shape index (κ3) is 7.17. The lowest BCUT2D eigenvalue weighted by atomic mass is 9.92. The minimum absolute atomic E-state index is 0.0809. The van der Waals surface area contributed by atoms with E-state index in [1.54, 1.807) is 38.5 Å². The SMILES string of the molecule is COc1ccc(CCNC(=O)CCCn2c(=O)c3ccccc3n(CC(=O)N3C[C@H](C)C[C@@H](C)C3)c2=O)cc1OC. The summed E-state index contributed by atoms with van der Waals surface area (Å²) in [6.07, 6.45) is 2.16. The van der Waals surface area contributed by atoms with E-state index in [1.165, 1.54) is 4.57 Å². The van der Waals surface area contributed by atoms with Crippen LogP contribution in [0.3, 0.4) is 0 Å². The molecule has 1 saturated heterocycles. The fourth-order valence-electron chi connectivity index (χ4n) is 5.69. The van der Waals surface area contributed by atoms with Crippen LogP contribution in [0.25, 0.3) is 10.9 Å². The van der Waals surface area contributed by atoms with Gasteiger partial charge in [-0.1, -0.05) is 32.0 Å². The van der Waals surface area contributed by atoms with E-state index in [2.05, 4.69) is 19.2 Å². The number of carbonyl (C=O) groups is 2. The van der Waals surface area contributed by atoms with Gasteiger partial charge in [0.25, 0.3) is 5.56 Å². The maximum absolute atomic E-state index is 13.5. The van der Waals surface area contributed by atoms with E-state index in [4.69, 9.17) is 9.47 Å². The number of amides is 2. The number of aromatic nitrogens is 2. The van der Waals surface area contributed by atoms with Gasteiger partial charge in [0, 0.05) is 32.6 Å². The van der Waals surface area contributed by atoms with E-state index >= 15 is 0 Å². The van der Waals surface area contributed by atoms with E-state index in [-0.39, 0.29) is 31.3 Å². The van der Waals surface area contributed by atoms with Crippen molar-refractivity contribution in [3.63, 3.8) is 0 Å². The van der Waals surface area contributed by atoms with Crippen molar-refractivity contribution in [2.45, 2.75) is 52.6 Å². The number of hydrogen-bond donors (Lipinski definition) is 1. The number of benzene rings is 2. The van der Waals surface area contributed by atoms with Crippen LogP contribution >= 0.6 is 0 Å². The largest absolute Gasteiger partial charge is 0.493 e. The van der Waals surface area contributed by atoms with Crippen LogP contribution in [-0.2, 0) is 29.1 Å². The van der Waals surface area contributed by atoms with Gasteiger partial charge in [-0.2, -0.15) is 0 Å². The lowest BCUT2D eigenvalue weighted by Crippen LogP contribution is -2.47. The Kier molecular flexibility index (Phi) is 9.86. The van der Waals surface area contributed by atoms with Crippen LogP contribution in [0.15, 0.2) is 52.1 Å². The van der Waals surface area contributed by atoms with Crippen LogP contribution < -0.4 is 26.0 Å². The van der Waals surface area contributed by atoms with Crippen molar-refractivity contribution in [1.29, 1.82) is 0 Å². The van der Waals surface area contributed by atoms with Crippen LogP contribution in [0.4, 0.5) is 0 Å². The molecule has 3 aromatic rings. The molecule has 2 amide bonds. The Bertz CT molecular complexity index is 1500. The second-order valence-corrected chi connectivity index (χ2v) is 11.0. The van der Waals surface area contributed by atoms with Crippen molar-refractivity contribution >= 4 is 22.7 Å². The minimum Gasteiger partial charge on any atom is -0.493 e. The van der Waals surface area contributed by atoms with Crippen molar-refractivity contribution in [3.8, 4) is 11.5 Å². The van der Waals surface area contributed by atoms with E-state index in [9.17, 15) is 19.2 Å². The van der Waals surface area contributed by atoms with Crippen LogP contribution in [0, 0.1) is 11.8 Å². The van der Waals surface area contributed by atoms with Gasteiger partial charge >= 0.3 is 5.69 Å². The van der Waals surface area contributed by atoms with Crippen molar-refractivity contribution in [2.75, 3.05) is 33.9 Å². The predicted octanol–water partition coefficient (Wildman–Crippen LogP) is 2.82. The first-order valence-corrected chi connectivity index (χ1v) is 14.2. The summed E-state index contributed by atoms with van der Waals surface area (Å²) < 4.78 is 13.1. The van der Waals surface area contributed by atoms with Gasteiger partial charge in [-0.05, 0) is 60.9 Å². The molecule has 1 aromatic heterocycles. The highest BCUT2D eigenvalue weighted by molar-refractivity contribution is 5.81. The highest BCUT2D eigenvalue weighted by Gasteiger charge is 2.26. The molecule has 1 aliphatic heterocycles.